The molecule has 158 valence electrons. The summed E-state index contributed by atoms with van der Waals surface area (Å²) in [5.74, 6) is 0.646. The fraction of sp³-hybridized carbons (Fsp3) is 0.440. The zero-order valence-electron chi connectivity index (χ0n) is 17.8. The largest absolute Gasteiger partial charge is 0.496 e. The van der Waals surface area contributed by atoms with Gasteiger partial charge in [-0.1, -0.05) is 36.4 Å². The Morgan fingerprint density at radius 3 is 2.33 bits per heavy atom. The van der Waals surface area contributed by atoms with E-state index in [9.17, 15) is 9.59 Å². The summed E-state index contributed by atoms with van der Waals surface area (Å²) >= 11 is 0. The topological polar surface area (TPSA) is 49.9 Å². The van der Waals surface area contributed by atoms with Gasteiger partial charge in [-0.25, -0.2) is 0 Å². The number of hydrogen-bond donors (Lipinski definition) is 0. The minimum Gasteiger partial charge on any atom is -0.496 e. The second-order valence-electron chi connectivity index (χ2n) is 8.37. The summed E-state index contributed by atoms with van der Waals surface area (Å²) in [6, 6.07) is 15.5. The van der Waals surface area contributed by atoms with E-state index >= 15 is 0 Å². The van der Waals surface area contributed by atoms with Gasteiger partial charge in [0.2, 0.25) is 5.91 Å². The molecule has 0 radical (unpaired) electrons. The molecular formula is C25H30N2O3. The Kier molecular flexibility index (Phi) is 6.07. The molecule has 0 bridgehead atoms. The van der Waals surface area contributed by atoms with E-state index in [0.29, 0.717) is 18.7 Å². The number of amides is 2. The lowest BCUT2D eigenvalue weighted by Crippen LogP contribution is -2.42. The van der Waals surface area contributed by atoms with Crippen molar-refractivity contribution in [1.82, 2.24) is 9.80 Å². The van der Waals surface area contributed by atoms with Crippen LogP contribution < -0.4 is 4.74 Å². The van der Waals surface area contributed by atoms with Gasteiger partial charge in [0.15, 0.2) is 0 Å². The number of carbonyl (C=O) groups is 2. The molecule has 2 aromatic carbocycles. The number of ether oxygens (including phenoxy) is 1. The van der Waals surface area contributed by atoms with Crippen molar-refractivity contribution in [2.45, 2.75) is 32.1 Å². The van der Waals surface area contributed by atoms with Gasteiger partial charge < -0.3 is 14.5 Å². The summed E-state index contributed by atoms with van der Waals surface area (Å²) in [5.41, 5.74) is 2.68. The normalized spacial score (nSPS) is 21.5. The van der Waals surface area contributed by atoms with E-state index in [1.54, 1.807) is 7.11 Å². The number of carbonyl (C=O) groups excluding carboxylic acids is 2. The molecule has 2 saturated heterocycles. The van der Waals surface area contributed by atoms with Gasteiger partial charge in [0.1, 0.15) is 5.75 Å². The van der Waals surface area contributed by atoms with E-state index in [1.807, 2.05) is 65.3 Å². The predicted octanol–water partition coefficient (Wildman–Crippen LogP) is 3.87. The van der Waals surface area contributed by atoms with Crippen LogP contribution in [-0.4, -0.2) is 54.9 Å². The molecule has 4 rings (SSSR count). The number of piperidine rings is 1. The first-order valence-electron chi connectivity index (χ1n) is 10.9. The van der Waals surface area contributed by atoms with Crippen molar-refractivity contribution in [3.63, 3.8) is 0 Å². The van der Waals surface area contributed by atoms with E-state index in [0.717, 1.165) is 42.8 Å². The van der Waals surface area contributed by atoms with Crippen molar-refractivity contribution in [2.24, 2.45) is 5.92 Å². The monoisotopic (exact) mass is 406 g/mol. The number of nitrogens with zero attached hydrogens (tertiary/aromatic N) is 2. The van der Waals surface area contributed by atoms with Crippen molar-refractivity contribution >= 4 is 11.8 Å². The van der Waals surface area contributed by atoms with Gasteiger partial charge in [-0.05, 0) is 49.4 Å². The molecule has 2 heterocycles. The molecule has 5 heteroatoms. The van der Waals surface area contributed by atoms with E-state index in [1.165, 1.54) is 6.42 Å². The lowest BCUT2D eigenvalue weighted by atomic mass is 9.87. The Bertz CT molecular complexity index is 920. The molecule has 2 amide bonds. The first-order valence-corrected chi connectivity index (χ1v) is 10.9. The summed E-state index contributed by atoms with van der Waals surface area (Å²) in [6.45, 7) is 4.57. The maximum Gasteiger partial charge on any atom is 0.254 e. The van der Waals surface area contributed by atoms with Gasteiger partial charge in [0, 0.05) is 37.7 Å². The molecule has 2 aliphatic rings. The van der Waals surface area contributed by atoms with Crippen molar-refractivity contribution in [1.29, 1.82) is 0 Å². The van der Waals surface area contributed by atoms with Crippen LogP contribution in [0.1, 0.15) is 46.7 Å². The Morgan fingerprint density at radius 1 is 0.900 bits per heavy atom. The molecule has 0 aromatic heterocycles. The third-order valence-corrected chi connectivity index (χ3v) is 6.51. The molecule has 2 aliphatic heterocycles. The van der Waals surface area contributed by atoms with Crippen LogP contribution in [0.25, 0.3) is 0 Å². The van der Waals surface area contributed by atoms with Gasteiger partial charge in [-0.2, -0.15) is 0 Å². The van der Waals surface area contributed by atoms with Crippen LogP contribution in [0.4, 0.5) is 0 Å². The fourth-order valence-electron chi connectivity index (χ4n) is 4.84. The SMILES string of the molecule is COc1ccccc1C1CN(C(=O)c2ccccc2C)CC1C(=O)N1CCCCC1. The number of rotatable bonds is 4. The van der Waals surface area contributed by atoms with Crippen molar-refractivity contribution < 1.29 is 14.3 Å². The first-order chi connectivity index (χ1) is 14.6. The maximum atomic E-state index is 13.5. The third-order valence-electron chi connectivity index (χ3n) is 6.51. The van der Waals surface area contributed by atoms with E-state index in [4.69, 9.17) is 4.74 Å². The van der Waals surface area contributed by atoms with Gasteiger partial charge in [0.25, 0.3) is 5.91 Å². The molecule has 30 heavy (non-hydrogen) atoms. The smallest absolute Gasteiger partial charge is 0.254 e. The zero-order chi connectivity index (χ0) is 21.1. The quantitative estimate of drug-likeness (QED) is 0.774. The van der Waals surface area contributed by atoms with Crippen molar-refractivity contribution in [2.75, 3.05) is 33.3 Å². The highest BCUT2D eigenvalue weighted by molar-refractivity contribution is 5.96. The second kappa shape index (κ2) is 8.90. The molecule has 2 fully saturated rings. The number of likely N-dealkylation sites (tertiary alicyclic amines) is 2. The van der Waals surface area contributed by atoms with E-state index in [2.05, 4.69) is 0 Å². The van der Waals surface area contributed by atoms with Gasteiger partial charge in [0.05, 0.1) is 13.0 Å². The Hall–Kier alpha value is -2.82. The molecule has 0 spiro atoms. The Morgan fingerprint density at radius 2 is 1.60 bits per heavy atom. The van der Waals surface area contributed by atoms with E-state index in [-0.39, 0.29) is 23.7 Å². The first kappa shape index (κ1) is 20.5. The zero-order valence-corrected chi connectivity index (χ0v) is 17.8. The van der Waals surface area contributed by atoms with Crippen LogP contribution in [0.2, 0.25) is 0 Å². The Balaban J connectivity index is 1.65. The van der Waals surface area contributed by atoms with Gasteiger partial charge >= 0.3 is 0 Å². The minimum atomic E-state index is -0.243. The van der Waals surface area contributed by atoms with E-state index < -0.39 is 0 Å². The minimum absolute atomic E-state index is 0.00180. The molecule has 2 atom stereocenters. The summed E-state index contributed by atoms with van der Waals surface area (Å²) < 4.78 is 5.60. The van der Waals surface area contributed by atoms with Crippen LogP contribution >= 0.6 is 0 Å². The highest BCUT2D eigenvalue weighted by Gasteiger charge is 2.43. The lowest BCUT2D eigenvalue weighted by Gasteiger charge is -2.31. The standard InChI is InChI=1S/C25H30N2O3/c1-18-10-4-5-11-19(18)24(28)27-16-21(20-12-6-7-13-23(20)30-2)22(17-27)25(29)26-14-8-3-9-15-26/h4-7,10-13,21-22H,3,8-9,14-17H2,1-2H3. The fourth-order valence-corrected chi connectivity index (χ4v) is 4.84. The average molecular weight is 407 g/mol. The van der Waals surface area contributed by atoms with Crippen molar-refractivity contribution in [3.05, 3.63) is 65.2 Å². The number of hydrogen-bond acceptors (Lipinski definition) is 3. The van der Waals surface area contributed by atoms with Crippen LogP contribution in [0.15, 0.2) is 48.5 Å². The van der Waals surface area contributed by atoms with Crippen LogP contribution in [0.5, 0.6) is 5.75 Å². The molecule has 0 N–H and O–H groups in total. The maximum absolute atomic E-state index is 13.5. The highest BCUT2D eigenvalue weighted by atomic mass is 16.5. The Labute approximate surface area is 178 Å². The second-order valence-corrected chi connectivity index (χ2v) is 8.37. The van der Waals surface area contributed by atoms with Crippen LogP contribution in [0.3, 0.4) is 0 Å². The molecule has 0 saturated carbocycles. The summed E-state index contributed by atoms with van der Waals surface area (Å²) in [6.07, 6.45) is 3.30. The summed E-state index contributed by atoms with van der Waals surface area (Å²) in [7, 11) is 1.66. The number of benzene rings is 2. The summed E-state index contributed by atoms with van der Waals surface area (Å²) in [5, 5.41) is 0. The molecule has 2 unspecified atom stereocenters. The summed E-state index contributed by atoms with van der Waals surface area (Å²) in [4.78, 5) is 30.7. The van der Waals surface area contributed by atoms with Gasteiger partial charge in [-0.3, -0.25) is 9.59 Å². The number of methoxy groups -OCH3 is 1. The average Bonchev–Trinajstić information content (AvgIpc) is 3.24. The van der Waals surface area contributed by atoms with Crippen LogP contribution in [-0.2, 0) is 4.79 Å². The van der Waals surface area contributed by atoms with Crippen LogP contribution in [0, 0.1) is 12.8 Å². The van der Waals surface area contributed by atoms with Gasteiger partial charge in [-0.15, -0.1) is 0 Å². The third kappa shape index (κ3) is 3.93. The highest BCUT2D eigenvalue weighted by Crippen LogP contribution is 2.39. The molecule has 2 aromatic rings. The lowest BCUT2D eigenvalue weighted by molar-refractivity contribution is -0.136. The molecular weight excluding hydrogens is 376 g/mol. The number of para-hydroxylation sites is 1. The molecule has 5 nitrogen and oxygen atoms in total. The molecule has 0 aliphatic carbocycles. The van der Waals surface area contributed by atoms with Crippen molar-refractivity contribution in [3.8, 4) is 5.75 Å². The predicted molar refractivity (Wildman–Crippen MR) is 117 cm³/mol. The number of aryl methyl sites for hydroxylation is 1.